The summed E-state index contributed by atoms with van der Waals surface area (Å²) in [5.74, 6) is -0.988. The van der Waals surface area contributed by atoms with Crippen LogP contribution >= 0.6 is 0 Å². The van der Waals surface area contributed by atoms with Crippen LogP contribution in [0.4, 0.5) is 24.5 Å². The molecule has 0 radical (unpaired) electrons. The zero-order valence-electron chi connectivity index (χ0n) is 11.5. The third-order valence-electron chi connectivity index (χ3n) is 2.56. The lowest BCUT2D eigenvalue weighted by atomic mass is 10.2. The summed E-state index contributed by atoms with van der Waals surface area (Å²) in [6.45, 7) is 0. The largest absolute Gasteiger partial charge is 0.478 e. The molecule has 0 aliphatic carbocycles. The topological polar surface area (TPSA) is 92.8 Å². The summed E-state index contributed by atoms with van der Waals surface area (Å²) >= 11 is 0. The van der Waals surface area contributed by atoms with E-state index in [0.717, 1.165) is 24.3 Å². The number of carbonyl (C=O) groups excluding carboxylic acids is 1. The van der Waals surface area contributed by atoms with E-state index in [0.29, 0.717) is 5.69 Å². The molecule has 0 bridgehead atoms. The number of halogens is 3. The minimum absolute atomic E-state index is 0.155. The lowest BCUT2D eigenvalue weighted by Crippen LogP contribution is -2.03. The van der Waals surface area contributed by atoms with Gasteiger partial charge in [-0.05, 0) is 36.4 Å². The molecule has 0 unspecified atom stereocenters. The first-order valence-electron chi connectivity index (χ1n) is 6.08. The average molecular weight is 324 g/mol. The number of isocyanates is 1. The number of carboxylic acids is 1. The summed E-state index contributed by atoms with van der Waals surface area (Å²) in [5, 5.41) is 8.49. The number of hydrogen-bond donors (Lipinski definition) is 2. The molecular formula is C15H11F3N2O3. The fourth-order valence-electron chi connectivity index (χ4n) is 1.47. The normalized spacial score (nSPS) is 10.0. The molecule has 2 aromatic carbocycles. The fourth-order valence-corrected chi connectivity index (χ4v) is 1.47. The Labute approximate surface area is 128 Å². The summed E-state index contributed by atoms with van der Waals surface area (Å²) in [5.41, 5.74) is 5.19. The Balaban J connectivity index is 0.000000238. The molecule has 0 fully saturated rings. The van der Waals surface area contributed by atoms with Crippen molar-refractivity contribution in [2.45, 2.75) is 6.18 Å². The number of para-hydroxylation sites is 1. The van der Waals surface area contributed by atoms with Crippen molar-refractivity contribution < 1.29 is 27.9 Å². The van der Waals surface area contributed by atoms with Crippen LogP contribution in [0.3, 0.4) is 0 Å². The van der Waals surface area contributed by atoms with Crippen LogP contribution in [0.5, 0.6) is 0 Å². The number of alkyl halides is 3. The van der Waals surface area contributed by atoms with Gasteiger partial charge < -0.3 is 10.8 Å². The molecule has 0 aliphatic heterocycles. The van der Waals surface area contributed by atoms with Crippen LogP contribution in [0, 0.1) is 0 Å². The van der Waals surface area contributed by atoms with Gasteiger partial charge in [0.25, 0.3) is 0 Å². The van der Waals surface area contributed by atoms with Gasteiger partial charge >= 0.3 is 12.1 Å². The van der Waals surface area contributed by atoms with E-state index in [1.165, 1.54) is 12.1 Å². The molecule has 0 amide bonds. The first-order chi connectivity index (χ1) is 10.8. The molecule has 0 saturated carbocycles. The first kappa shape index (κ1) is 17.9. The van der Waals surface area contributed by atoms with E-state index in [1.54, 1.807) is 18.2 Å². The van der Waals surface area contributed by atoms with Gasteiger partial charge in [-0.1, -0.05) is 12.1 Å². The lowest BCUT2D eigenvalue weighted by Gasteiger charge is -2.04. The van der Waals surface area contributed by atoms with Gasteiger partial charge in [0.15, 0.2) is 0 Å². The molecule has 120 valence electrons. The van der Waals surface area contributed by atoms with Crippen molar-refractivity contribution in [3.63, 3.8) is 0 Å². The maximum Gasteiger partial charge on any atom is 0.416 e. The number of rotatable bonds is 2. The second kappa shape index (κ2) is 7.77. The molecule has 0 heterocycles. The quantitative estimate of drug-likeness (QED) is 0.501. The monoisotopic (exact) mass is 324 g/mol. The van der Waals surface area contributed by atoms with Crippen molar-refractivity contribution in [3.8, 4) is 0 Å². The lowest BCUT2D eigenvalue weighted by molar-refractivity contribution is -0.137. The molecule has 3 N–H and O–H groups in total. The van der Waals surface area contributed by atoms with E-state index in [-0.39, 0.29) is 11.3 Å². The minimum Gasteiger partial charge on any atom is -0.478 e. The summed E-state index contributed by atoms with van der Waals surface area (Å²) in [6.07, 6.45) is -3.12. The van der Waals surface area contributed by atoms with Crippen molar-refractivity contribution in [2.75, 3.05) is 5.73 Å². The van der Waals surface area contributed by atoms with Crippen LogP contribution in [-0.2, 0) is 11.0 Å². The first-order valence-corrected chi connectivity index (χ1v) is 6.08. The van der Waals surface area contributed by atoms with Gasteiger partial charge in [0, 0.05) is 5.69 Å². The Morgan fingerprint density at radius 3 is 2.04 bits per heavy atom. The average Bonchev–Trinajstić information content (AvgIpc) is 2.48. The third-order valence-corrected chi connectivity index (χ3v) is 2.56. The van der Waals surface area contributed by atoms with Gasteiger partial charge in [-0.3, -0.25) is 0 Å². The third kappa shape index (κ3) is 5.64. The zero-order valence-corrected chi connectivity index (χ0v) is 11.5. The molecule has 5 nitrogen and oxygen atoms in total. The standard InChI is InChI=1S/C8H4F3NO.C7H7NO2/c9-8(10,11)6-1-3-7(4-2-6)12-5-13;8-6-4-2-1-3-5(6)7(9)10/h1-4H;1-4H,8H2,(H,9,10). The van der Waals surface area contributed by atoms with Crippen LogP contribution < -0.4 is 5.73 Å². The van der Waals surface area contributed by atoms with E-state index in [2.05, 4.69) is 4.99 Å². The number of nitrogens with zero attached hydrogens (tertiary/aromatic N) is 1. The van der Waals surface area contributed by atoms with Gasteiger partial charge in [0.2, 0.25) is 6.08 Å². The number of nitrogens with two attached hydrogens (primary N) is 1. The van der Waals surface area contributed by atoms with Gasteiger partial charge in [-0.15, -0.1) is 0 Å². The number of nitrogen functional groups attached to an aromatic ring is 1. The maximum atomic E-state index is 12.0. The van der Waals surface area contributed by atoms with Crippen molar-refractivity contribution >= 4 is 23.4 Å². The molecule has 0 aromatic heterocycles. The van der Waals surface area contributed by atoms with Gasteiger partial charge in [-0.25, -0.2) is 9.59 Å². The molecule has 2 rings (SSSR count). The molecular weight excluding hydrogens is 313 g/mol. The summed E-state index contributed by atoms with van der Waals surface area (Å²) in [4.78, 5) is 23.2. The molecule has 23 heavy (non-hydrogen) atoms. The fraction of sp³-hybridized carbons (Fsp3) is 0.0667. The highest BCUT2D eigenvalue weighted by Gasteiger charge is 2.29. The maximum absolute atomic E-state index is 12.0. The van der Waals surface area contributed by atoms with Crippen LogP contribution in [0.25, 0.3) is 0 Å². The van der Waals surface area contributed by atoms with Crippen LogP contribution in [0.1, 0.15) is 15.9 Å². The van der Waals surface area contributed by atoms with Crippen molar-refractivity contribution in [1.82, 2.24) is 0 Å². The summed E-state index contributed by atoms with van der Waals surface area (Å²) < 4.78 is 36.0. The van der Waals surface area contributed by atoms with E-state index < -0.39 is 17.7 Å². The van der Waals surface area contributed by atoms with Gasteiger partial charge in [-0.2, -0.15) is 18.2 Å². The summed E-state index contributed by atoms with van der Waals surface area (Å²) in [6, 6.07) is 10.3. The van der Waals surface area contributed by atoms with Crippen LogP contribution in [-0.4, -0.2) is 17.2 Å². The number of anilines is 1. The molecule has 2 aromatic rings. The molecule has 8 heteroatoms. The number of hydrogen-bond acceptors (Lipinski definition) is 4. The van der Waals surface area contributed by atoms with E-state index >= 15 is 0 Å². The minimum atomic E-state index is -4.36. The van der Waals surface area contributed by atoms with E-state index in [4.69, 9.17) is 10.8 Å². The molecule has 0 saturated heterocycles. The Morgan fingerprint density at radius 1 is 1.09 bits per heavy atom. The Morgan fingerprint density at radius 2 is 1.65 bits per heavy atom. The Kier molecular flexibility index (Phi) is 6.05. The predicted molar refractivity (Wildman–Crippen MR) is 77.0 cm³/mol. The molecule has 0 atom stereocenters. The predicted octanol–water partition coefficient (Wildman–Crippen LogP) is 3.64. The highest BCUT2D eigenvalue weighted by atomic mass is 19.4. The van der Waals surface area contributed by atoms with Crippen molar-refractivity contribution in [2.24, 2.45) is 4.99 Å². The van der Waals surface area contributed by atoms with E-state index in [1.807, 2.05) is 0 Å². The highest BCUT2D eigenvalue weighted by molar-refractivity contribution is 5.93. The SMILES string of the molecule is Nc1ccccc1C(=O)O.O=C=Nc1ccc(C(F)(F)F)cc1. The molecule has 0 spiro atoms. The Hall–Kier alpha value is -3.12. The van der Waals surface area contributed by atoms with Gasteiger partial charge in [0.1, 0.15) is 0 Å². The van der Waals surface area contributed by atoms with Crippen LogP contribution in [0.15, 0.2) is 53.5 Å². The Bertz CT molecular complexity index is 721. The summed E-state index contributed by atoms with van der Waals surface area (Å²) in [7, 11) is 0. The van der Waals surface area contributed by atoms with Crippen molar-refractivity contribution in [3.05, 3.63) is 59.7 Å². The second-order valence-corrected chi connectivity index (χ2v) is 4.14. The molecule has 0 aliphatic rings. The van der Waals surface area contributed by atoms with Crippen LogP contribution in [0.2, 0.25) is 0 Å². The second-order valence-electron chi connectivity index (χ2n) is 4.14. The zero-order chi connectivity index (χ0) is 17.5. The van der Waals surface area contributed by atoms with Gasteiger partial charge in [0.05, 0.1) is 16.8 Å². The number of carbonyl (C=O) groups is 1. The number of benzene rings is 2. The number of carboxylic acid groups (broad SMARTS) is 1. The number of aromatic carboxylic acids is 1. The smallest absolute Gasteiger partial charge is 0.416 e. The van der Waals surface area contributed by atoms with Crippen molar-refractivity contribution in [1.29, 1.82) is 0 Å². The van der Waals surface area contributed by atoms with E-state index in [9.17, 15) is 22.8 Å². The highest BCUT2D eigenvalue weighted by Crippen LogP contribution is 2.30. The number of aliphatic imine (C=N–C) groups is 1.